The Morgan fingerprint density at radius 2 is 1.96 bits per heavy atom. The van der Waals surface area contributed by atoms with Crippen LogP contribution in [0, 0.1) is 21.4 Å². The third kappa shape index (κ3) is 3.05. The van der Waals surface area contributed by atoms with E-state index in [0.717, 1.165) is 16.3 Å². The maximum absolute atomic E-state index is 12.3. The quantitative estimate of drug-likeness (QED) is 0.668. The summed E-state index contributed by atoms with van der Waals surface area (Å²) in [5.41, 5.74) is 5.68. The van der Waals surface area contributed by atoms with Crippen molar-refractivity contribution >= 4 is 16.7 Å². The number of rotatable bonds is 5. The second kappa shape index (κ2) is 6.51. The van der Waals surface area contributed by atoms with Crippen molar-refractivity contribution in [3.05, 3.63) is 82.1 Å². The van der Waals surface area contributed by atoms with Crippen LogP contribution >= 0.6 is 0 Å². The van der Waals surface area contributed by atoms with Gasteiger partial charge in [-0.3, -0.25) is 14.9 Å². The van der Waals surface area contributed by atoms with Crippen molar-refractivity contribution < 1.29 is 9.72 Å². The summed E-state index contributed by atoms with van der Waals surface area (Å²) in [6, 6.07) is 14.1. The zero-order valence-corrected chi connectivity index (χ0v) is 14.0. The Kier molecular flexibility index (Phi) is 4.40. The molecule has 0 aliphatic heterocycles. The van der Waals surface area contributed by atoms with E-state index in [0.29, 0.717) is 12.8 Å². The molecule has 0 radical (unpaired) electrons. The monoisotopic (exact) mass is 336 g/mol. The Balaban J connectivity index is 1.96. The summed E-state index contributed by atoms with van der Waals surface area (Å²) < 4.78 is 0. The lowest BCUT2D eigenvalue weighted by Gasteiger charge is -2.33. The van der Waals surface area contributed by atoms with Gasteiger partial charge in [0.15, 0.2) is 0 Å². The number of aryl methyl sites for hydroxylation is 1. The Morgan fingerprint density at radius 3 is 2.68 bits per heavy atom. The van der Waals surface area contributed by atoms with Crippen LogP contribution < -0.4 is 5.73 Å². The van der Waals surface area contributed by atoms with Crippen LogP contribution in [0.25, 0.3) is 10.8 Å². The Morgan fingerprint density at radius 1 is 1.24 bits per heavy atom. The molecule has 0 heterocycles. The van der Waals surface area contributed by atoms with Crippen molar-refractivity contribution in [2.75, 3.05) is 0 Å². The number of nitrogens with two attached hydrogens (primary N) is 1. The van der Waals surface area contributed by atoms with Gasteiger partial charge in [0.2, 0.25) is 5.91 Å². The number of fused-ring (bicyclic) bond motifs is 1. The molecule has 2 N–H and O–H groups in total. The minimum atomic E-state index is -1.05. The summed E-state index contributed by atoms with van der Waals surface area (Å²) >= 11 is 0. The van der Waals surface area contributed by atoms with Crippen LogP contribution in [-0.4, -0.2) is 10.8 Å². The van der Waals surface area contributed by atoms with E-state index in [1.165, 1.54) is 12.2 Å². The molecule has 128 valence electrons. The predicted octanol–water partition coefficient (Wildman–Crippen LogP) is 3.61. The number of carbonyl (C=O) groups excluding carboxylic acids is 1. The molecule has 1 amide bonds. The molecule has 3 rings (SSSR count). The summed E-state index contributed by atoms with van der Waals surface area (Å²) in [7, 11) is 0. The van der Waals surface area contributed by atoms with Crippen molar-refractivity contribution in [3.63, 3.8) is 0 Å². The van der Waals surface area contributed by atoms with Crippen LogP contribution in [0.15, 0.2) is 66.4 Å². The zero-order chi connectivity index (χ0) is 18.0. The van der Waals surface area contributed by atoms with Gasteiger partial charge in [-0.1, -0.05) is 55.5 Å². The number of nitro groups is 1. The molecule has 1 aliphatic carbocycles. The number of primary amides is 1. The van der Waals surface area contributed by atoms with Crippen LogP contribution in [-0.2, 0) is 11.2 Å². The molecule has 2 unspecified atom stereocenters. The third-order valence-corrected chi connectivity index (χ3v) is 5.13. The number of amides is 1. The Labute approximate surface area is 146 Å². The fourth-order valence-corrected chi connectivity index (χ4v) is 3.54. The van der Waals surface area contributed by atoms with Gasteiger partial charge < -0.3 is 5.73 Å². The van der Waals surface area contributed by atoms with Gasteiger partial charge in [0.1, 0.15) is 0 Å². The van der Waals surface area contributed by atoms with Crippen LogP contribution in [0.1, 0.15) is 18.9 Å². The van der Waals surface area contributed by atoms with E-state index in [-0.39, 0.29) is 11.6 Å². The van der Waals surface area contributed by atoms with Crippen molar-refractivity contribution in [2.24, 2.45) is 17.1 Å². The van der Waals surface area contributed by atoms with E-state index in [1.807, 2.05) is 49.4 Å². The molecule has 0 aromatic heterocycles. The molecule has 2 aromatic rings. The molecule has 0 spiro atoms. The number of allylic oxidation sites excluding steroid dienone is 2. The van der Waals surface area contributed by atoms with Crippen LogP contribution in [0.4, 0.5) is 0 Å². The second-order valence-electron chi connectivity index (χ2n) is 6.52. The highest BCUT2D eigenvalue weighted by atomic mass is 16.6. The predicted molar refractivity (Wildman–Crippen MR) is 97.3 cm³/mol. The van der Waals surface area contributed by atoms with Gasteiger partial charge in [0, 0.05) is 12.2 Å². The van der Waals surface area contributed by atoms with Gasteiger partial charge in [-0.15, -0.1) is 0 Å². The number of benzene rings is 2. The van der Waals surface area contributed by atoms with Crippen molar-refractivity contribution in [3.8, 4) is 0 Å². The molecule has 1 aliphatic rings. The molecule has 0 saturated carbocycles. The molecule has 5 heteroatoms. The lowest BCUT2D eigenvalue weighted by atomic mass is 9.69. The molecule has 2 aromatic carbocycles. The lowest BCUT2D eigenvalue weighted by molar-refractivity contribution is -0.420. The Hall–Kier alpha value is -2.95. The molecule has 0 saturated heterocycles. The highest BCUT2D eigenvalue weighted by Crippen LogP contribution is 2.40. The summed E-state index contributed by atoms with van der Waals surface area (Å²) in [6.07, 6.45) is 5.63. The maximum Gasteiger partial charge on any atom is 0.266 e. The van der Waals surface area contributed by atoms with Gasteiger partial charge in [-0.25, -0.2) is 0 Å². The van der Waals surface area contributed by atoms with Crippen LogP contribution in [0.3, 0.4) is 0 Å². The van der Waals surface area contributed by atoms with Gasteiger partial charge in [0.25, 0.3) is 5.70 Å². The summed E-state index contributed by atoms with van der Waals surface area (Å²) in [4.78, 5) is 22.9. The number of hydrogen-bond acceptors (Lipinski definition) is 3. The molecular formula is C20H20N2O3. The lowest BCUT2D eigenvalue weighted by Crippen LogP contribution is -2.42. The van der Waals surface area contributed by atoms with Gasteiger partial charge in [-0.2, -0.15) is 0 Å². The second-order valence-corrected chi connectivity index (χ2v) is 6.52. The highest BCUT2D eigenvalue weighted by molar-refractivity contribution is 5.86. The SMILES string of the molecule is CC1C=CC([N+](=O)[O-])=CC1(CCc1cccc2ccccc12)C(N)=O. The van der Waals surface area contributed by atoms with Crippen LogP contribution in [0.2, 0.25) is 0 Å². The maximum atomic E-state index is 12.3. The van der Waals surface area contributed by atoms with Gasteiger partial charge in [-0.05, 0) is 35.1 Å². The van der Waals surface area contributed by atoms with Crippen molar-refractivity contribution in [1.29, 1.82) is 0 Å². The molecule has 0 bridgehead atoms. The topological polar surface area (TPSA) is 86.2 Å². The first-order valence-corrected chi connectivity index (χ1v) is 8.26. The van der Waals surface area contributed by atoms with Gasteiger partial charge in [0.05, 0.1) is 10.3 Å². The smallest absolute Gasteiger partial charge is 0.266 e. The van der Waals surface area contributed by atoms with Crippen molar-refractivity contribution in [1.82, 2.24) is 0 Å². The van der Waals surface area contributed by atoms with Crippen LogP contribution in [0.5, 0.6) is 0 Å². The fourth-order valence-electron chi connectivity index (χ4n) is 3.54. The Bertz CT molecular complexity index is 895. The zero-order valence-electron chi connectivity index (χ0n) is 14.0. The van der Waals surface area contributed by atoms with E-state index in [9.17, 15) is 14.9 Å². The van der Waals surface area contributed by atoms with E-state index in [4.69, 9.17) is 5.73 Å². The normalized spacial score (nSPS) is 22.6. The summed E-state index contributed by atoms with van der Waals surface area (Å²) in [6.45, 7) is 1.87. The fraction of sp³-hybridized carbons (Fsp3) is 0.250. The number of nitrogens with zero attached hydrogens (tertiary/aromatic N) is 1. The molecule has 0 fully saturated rings. The van der Waals surface area contributed by atoms with Gasteiger partial charge >= 0.3 is 0 Å². The van der Waals surface area contributed by atoms with E-state index >= 15 is 0 Å². The minimum absolute atomic E-state index is 0.0742. The summed E-state index contributed by atoms with van der Waals surface area (Å²) in [5.74, 6) is -0.715. The van der Waals surface area contributed by atoms with E-state index in [2.05, 4.69) is 0 Å². The van der Waals surface area contributed by atoms with E-state index in [1.54, 1.807) is 6.08 Å². The summed E-state index contributed by atoms with van der Waals surface area (Å²) in [5, 5.41) is 13.4. The number of carbonyl (C=O) groups is 1. The molecule has 25 heavy (non-hydrogen) atoms. The molecule has 5 nitrogen and oxygen atoms in total. The standard InChI is InChI=1S/C20H20N2O3/c1-14-9-10-17(22(24)25)13-20(14,19(21)23)12-11-16-7-4-6-15-5-2-3-8-18(15)16/h2-10,13-14H,11-12H2,1H3,(H2,21,23). The highest BCUT2D eigenvalue weighted by Gasteiger charge is 2.42. The largest absolute Gasteiger partial charge is 0.369 e. The average Bonchev–Trinajstić information content (AvgIpc) is 2.60. The first kappa shape index (κ1) is 16.9. The van der Waals surface area contributed by atoms with Crippen molar-refractivity contribution in [2.45, 2.75) is 19.8 Å². The molecular weight excluding hydrogens is 316 g/mol. The van der Waals surface area contributed by atoms with E-state index < -0.39 is 16.2 Å². The first-order chi connectivity index (χ1) is 11.9. The average molecular weight is 336 g/mol. The first-order valence-electron chi connectivity index (χ1n) is 8.26. The number of hydrogen-bond donors (Lipinski definition) is 1. The third-order valence-electron chi connectivity index (χ3n) is 5.13. The minimum Gasteiger partial charge on any atom is -0.369 e. The molecule has 2 atom stereocenters.